The Labute approximate surface area is 154 Å². The smallest absolute Gasteiger partial charge is 0.251 e. The zero-order chi connectivity index (χ0) is 18.8. The average molecular weight is 354 g/mol. The molecule has 2 rings (SSSR count). The highest BCUT2D eigenvalue weighted by Gasteiger charge is 2.05. The van der Waals surface area contributed by atoms with Gasteiger partial charge in [0.2, 0.25) is 0 Å². The second-order valence-corrected chi connectivity index (χ2v) is 5.60. The fourth-order valence-electron chi connectivity index (χ4n) is 2.45. The minimum Gasteiger partial charge on any atom is -0.494 e. The maximum absolute atomic E-state index is 11.6. The fourth-order valence-corrected chi connectivity index (χ4v) is 2.45. The Morgan fingerprint density at radius 2 is 1.73 bits per heavy atom. The van der Waals surface area contributed by atoms with Crippen LogP contribution in [0.3, 0.4) is 0 Å². The highest BCUT2D eigenvalue weighted by atomic mass is 16.5. The molecular formula is C20H26N4O2. The first kappa shape index (κ1) is 19.3. The molecule has 0 spiro atoms. The Balaban J connectivity index is 1.89. The molecule has 0 saturated carbocycles. The normalized spacial score (nSPS) is 11.0. The van der Waals surface area contributed by atoms with E-state index >= 15 is 0 Å². The highest BCUT2D eigenvalue weighted by Crippen LogP contribution is 2.17. The number of carbonyl (C=O) groups is 1. The number of guanidine groups is 1. The minimum absolute atomic E-state index is 0.0880. The van der Waals surface area contributed by atoms with Gasteiger partial charge < -0.3 is 20.7 Å². The molecule has 0 aliphatic carbocycles. The second kappa shape index (κ2) is 10.1. The van der Waals surface area contributed by atoms with Crippen LogP contribution in [0.5, 0.6) is 5.75 Å². The van der Waals surface area contributed by atoms with Crippen molar-refractivity contribution < 1.29 is 9.53 Å². The van der Waals surface area contributed by atoms with Crippen molar-refractivity contribution in [1.29, 1.82) is 0 Å². The topological polar surface area (TPSA) is 74.8 Å². The van der Waals surface area contributed by atoms with Crippen molar-refractivity contribution in [3.05, 3.63) is 65.2 Å². The van der Waals surface area contributed by atoms with E-state index in [1.807, 2.05) is 55.5 Å². The molecule has 0 saturated heterocycles. The van der Waals surface area contributed by atoms with Crippen molar-refractivity contribution in [3.63, 3.8) is 0 Å². The quantitative estimate of drug-likeness (QED) is 0.527. The number of aliphatic imine (C=N–C) groups is 1. The molecule has 0 aromatic heterocycles. The number of carbonyl (C=O) groups excluding carboxylic acids is 1. The minimum atomic E-state index is -0.0880. The van der Waals surface area contributed by atoms with Gasteiger partial charge in [0.05, 0.1) is 6.61 Å². The predicted molar refractivity (Wildman–Crippen MR) is 104 cm³/mol. The van der Waals surface area contributed by atoms with Gasteiger partial charge in [-0.1, -0.05) is 30.3 Å². The van der Waals surface area contributed by atoms with Gasteiger partial charge >= 0.3 is 0 Å². The second-order valence-electron chi connectivity index (χ2n) is 5.60. The molecule has 2 aromatic carbocycles. The number of hydrogen-bond acceptors (Lipinski definition) is 3. The Bertz CT molecular complexity index is 742. The SMILES string of the molecule is CCOc1ccccc1CNC(=NC)NCc1ccc(C(=O)NC)cc1. The summed E-state index contributed by atoms with van der Waals surface area (Å²) in [7, 11) is 3.36. The third-order valence-corrected chi connectivity index (χ3v) is 3.85. The maximum Gasteiger partial charge on any atom is 0.251 e. The molecule has 6 nitrogen and oxygen atoms in total. The first-order chi connectivity index (χ1) is 12.7. The molecule has 0 aliphatic heterocycles. The summed E-state index contributed by atoms with van der Waals surface area (Å²) >= 11 is 0. The molecule has 1 amide bonds. The van der Waals surface area contributed by atoms with Crippen LogP contribution < -0.4 is 20.7 Å². The summed E-state index contributed by atoms with van der Waals surface area (Å²) in [6.07, 6.45) is 0. The van der Waals surface area contributed by atoms with Crippen LogP contribution in [0, 0.1) is 0 Å². The number of ether oxygens (including phenoxy) is 1. The first-order valence-electron chi connectivity index (χ1n) is 8.64. The standard InChI is InChI=1S/C20H26N4O2/c1-4-26-18-8-6-5-7-17(18)14-24-20(22-3)23-13-15-9-11-16(12-10-15)19(25)21-2/h5-12H,4,13-14H2,1-3H3,(H,21,25)(H2,22,23,24). The van der Waals surface area contributed by atoms with E-state index in [4.69, 9.17) is 4.74 Å². The summed E-state index contributed by atoms with van der Waals surface area (Å²) in [6, 6.07) is 15.4. The molecule has 0 heterocycles. The Morgan fingerprint density at radius 1 is 1.04 bits per heavy atom. The van der Waals surface area contributed by atoms with Gasteiger partial charge in [0.15, 0.2) is 5.96 Å². The maximum atomic E-state index is 11.6. The Hall–Kier alpha value is -3.02. The molecule has 138 valence electrons. The molecule has 26 heavy (non-hydrogen) atoms. The van der Waals surface area contributed by atoms with Crippen LogP contribution >= 0.6 is 0 Å². The van der Waals surface area contributed by atoms with E-state index in [-0.39, 0.29) is 5.91 Å². The zero-order valence-electron chi connectivity index (χ0n) is 15.5. The summed E-state index contributed by atoms with van der Waals surface area (Å²) in [6.45, 7) is 3.84. The van der Waals surface area contributed by atoms with Crippen molar-refractivity contribution in [1.82, 2.24) is 16.0 Å². The molecule has 6 heteroatoms. The van der Waals surface area contributed by atoms with Crippen molar-refractivity contribution in [3.8, 4) is 5.75 Å². The van der Waals surface area contributed by atoms with Crippen LogP contribution in [0.2, 0.25) is 0 Å². The van der Waals surface area contributed by atoms with Gasteiger partial charge in [0.25, 0.3) is 5.91 Å². The number of amides is 1. The van der Waals surface area contributed by atoms with Crippen LogP contribution in [0.15, 0.2) is 53.5 Å². The zero-order valence-corrected chi connectivity index (χ0v) is 15.5. The predicted octanol–water partition coefficient (Wildman–Crippen LogP) is 2.31. The molecule has 0 fully saturated rings. The summed E-state index contributed by atoms with van der Waals surface area (Å²) in [5.74, 6) is 1.49. The van der Waals surface area contributed by atoms with Crippen LogP contribution in [0.1, 0.15) is 28.4 Å². The van der Waals surface area contributed by atoms with E-state index in [1.165, 1.54) is 0 Å². The van der Waals surface area contributed by atoms with Crippen molar-refractivity contribution >= 4 is 11.9 Å². The molecule has 2 aromatic rings. The van der Waals surface area contributed by atoms with Crippen molar-refractivity contribution in [2.24, 2.45) is 4.99 Å². The lowest BCUT2D eigenvalue weighted by Crippen LogP contribution is -2.36. The summed E-state index contributed by atoms with van der Waals surface area (Å²) in [4.78, 5) is 15.8. The number of nitrogens with one attached hydrogen (secondary N) is 3. The summed E-state index contributed by atoms with van der Waals surface area (Å²) < 4.78 is 5.64. The molecule has 0 radical (unpaired) electrons. The molecule has 0 aliphatic rings. The van der Waals surface area contributed by atoms with Crippen molar-refractivity contribution in [2.75, 3.05) is 20.7 Å². The van der Waals surface area contributed by atoms with Gasteiger partial charge in [-0.25, -0.2) is 0 Å². The molecule has 0 bridgehead atoms. The third kappa shape index (κ3) is 5.51. The number of nitrogens with zero attached hydrogens (tertiary/aromatic N) is 1. The average Bonchev–Trinajstić information content (AvgIpc) is 2.69. The Morgan fingerprint density at radius 3 is 2.38 bits per heavy atom. The summed E-state index contributed by atoms with van der Waals surface area (Å²) in [5, 5.41) is 9.17. The third-order valence-electron chi connectivity index (χ3n) is 3.85. The summed E-state index contributed by atoms with van der Waals surface area (Å²) in [5.41, 5.74) is 2.79. The van der Waals surface area contributed by atoms with Crippen LogP contribution in [0.4, 0.5) is 0 Å². The van der Waals surface area contributed by atoms with Gasteiger partial charge in [0, 0.05) is 38.3 Å². The van der Waals surface area contributed by atoms with Gasteiger partial charge in [-0.3, -0.25) is 9.79 Å². The van der Waals surface area contributed by atoms with E-state index in [2.05, 4.69) is 20.9 Å². The van der Waals surface area contributed by atoms with E-state index in [0.29, 0.717) is 31.2 Å². The lowest BCUT2D eigenvalue weighted by molar-refractivity contribution is 0.0963. The lowest BCUT2D eigenvalue weighted by Gasteiger charge is -2.14. The number of para-hydroxylation sites is 1. The number of hydrogen-bond donors (Lipinski definition) is 3. The van der Waals surface area contributed by atoms with E-state index in [9.17, 15) is 4.79 Å². The fraction of sp³-hybridized carbons (Fsp3) is 0.300. The number of benzene rings is 2. The Kier molecular flexibility index (Phi) is 7.49. The van der Waals surface area contributed by atoms with Crippen LogP contribution in [0.25, 0.3) is 0 Å². The van der Waals surface area contributed by atoms with Crippen molar-refractivity contribution in [2.45, 2.75) is 20.0 Å². The lowest BCUT2D eigenvalue weighted by atomic mass is 10.1. The van der Waals surface area contributed by atoms with E-state index in [0.717, 1.165) is 16.9 Å². The van der Waals surface area contributed by atoms with Gasteiger partial charge in [-0.05, 0) is 30.7 Å². The van der Waals surface area contributed by atoms with E-state index < -0.39 is 0 Å². The van der Waals surface area contributed by atoms with Gasteiger partial charge in [-0.15, -0.1) is 0 Å². The molecule has 3 N–H and O–H groups in total. The van der Waals surface area contributed by atoms with Crippen LogP contribution in [-0.4, -0.2) is 32.6 Å². The van der Waals surface area contributed by atoms with E-state index in [1.54, 1.807) is 14.1 Å². The largest absolute Gasteiger partial charge is 0.494 e. The highest BCUT2D eigenvalue weighted by molar-refractivity contribution is 5.93. The molecule has 0 unspecified atom stereocenters. The van der Waals surface area contributed by atoms with Crippen LogP contribution in [-0.2, 0) is 13.1 Å². The molecular weight excluding hydrogens is 328 g/mol. The number of rotatable bonds is 7. The molecule has 0 atom stereocenters. The van der Waals surface area contributed by atoms with Gasteiger partial charge in [-0.2, -0.15) is 0 Å². The monoisotopic (exact) mass is 354 g/mol. The van der Waals surface area contributed by atoms with Gasteiger partial charge in [0.1, 0.15) is 5.75 Å². The first-order valence-corrected chi connectivity index (χ1v) is 8.64.